The average molecular weight is 329 g/mol. The molecule has 4 nitrogen and oxygen atoms in total. The highest BCUT2D eigenvalue weighted by atomic mass is 35.5. The number of hydrogen-bond donors (Lipinski definition) is 1. The van der Waals surface area contributed by atoms with Crippen LogP contribution in [0.2, 0.25) is 10.0 Å². The van der Waals surface area contributed by atoms with E-state index < -0.39 is 6.64 Å². The van der Waals surface area contributed by atoms with Crippen molar-refractivity contribution >= 4 is 41.7 Å². The molecule has 1 rings (SSSR count). The zero-order valence-electron chi connectivity index (χ0n) is 10.2. The Morgan fingerprint density at radius 3 is 2.78 bits per heavy atom. The highest BCUT2D eigenvalue weighted by Crippen LogP contribution is 2.45. The number of unbranched alkanes of at least 4 members (excludes halogenated alkanes) is 1. The zero-order chi connectivity index (χ0) is 13.6. The van der Waals surface area contributed by atoms with Crippen LogP contribution >= 0.6 is 29.8 Å². The van der Waals surface area contributed by atoms with Crippen molar-refractivity contribution in [3.63, 3.8) is 0 Å². The molecular weight excluding hydrogens is 314 g/mol. The molecule has 0 spiro atoms. The summed E-state index contributed by atoms with van der Waals surface area (Å²) >= 11 is 17.0. The van der Waals surface area contributed by atoms with E-state index in [1.807, 2.05) is 0 Å². The summed E-state index contributed by atoms with van der Waals surface area (Å²) in [6.07, 6.45) is 3.40. The van der Waals surface area contributed by atoms with Crippen LogP contribution in [-0.4, -0.2) is 18.6 Å². The molecule has 1 aromatic heterocycles. The number of rotatable bonds is 7. The standard InChI is InChI=1S/C10H15Cl2N2O2PS/c1-3-4-5-15-17(18,13-2)16-10-9(12)6-8(11)7-14-10/h6-7H,3-5H2,1-2H3,(H,13,18). The molecule has 0 saturated heterocycles. The van der Waals surface area contributed by atoms with Gasteiger partial charge >= 0.3 is 6.64 Å². The molecule has 1 aromatic rings. The van der Waals surface area contributed by atoms with E-state index in [1.165, 1.54) is 6.20 Å². The van der Waals surface area contributed by atoms with Crippen molar-refractivity contribution < 1.29 is 9.05 Å². The smallest absolute Gasteiger partial charge is 0.313 e. The van der Waals surface area contributed by atoms with E-state index in [1.54, 1.807) is 13.1 Å². The van der Waals surface area contributed by atoms with Gasteiger partial charge in [-0.1, -0.05) is 36.5 Å². The normalized spacial score (nSPS) is 14.2. The first kappa shape index (κ1) is 16.2. The lowest BCUT2D eigenvalue weighted by Gasteiger charge is -2.21. The summed E-state index contributed by atoms with van der Waals surface area (Å²) in [5.41, 5.74) is 0. The molecule has 0 bridgehead atoms. The minimum Gasteiger partial charge on any atom is -0.413 e. The van der Waals surface area contributed by atoms with Gasteiger partial charge in [0.05, 0.1) is 11.6 Å². The van der Waals surface area contributed by atoms with Crippen LogP contribution < -0.4 is 9.61 Å². The maximum absolute atomic E-state index is 5.97. The number of aromatic nitrogens is 1. The lowest BCUT2D eigenvalue weighted by atomic mass is 10.4. The minimum absolute atomic E-state index is 0.232. The largest absolute Gasteiger partial charge is 0.413 e. The Morgan fingerprint density at radius 1 is 1.50 bits per heavy atom. The summed E-state index contributed by atoms with van der Waals surface area (Å²) in [5.74, 6) is 0.232. The molecule has 0 fully saturated rings. The van der Waals surface area contributed by atoms with Crippen LogP contribution in [0.1, 0.15) is 19.8 Å². The van der Waals surface area contributed by atoms with Crippen LogP contribution in [0.3, 0.4) is 0 Å². The first-order chi connectivity index (χ1) is 8.50. The Morgan fingerprint density at radius 2 is 2.22 bits per heavy atom. The van der Waals surface area contributed by atoms with Gasteiger partial charge in [0.2, 0.25) is 5.88 Å². The second kappa shape index (κ2) is 7.63. The van der Waals surface area contributed by atoms with Crippen molar-refractivity contribution in [2.45, 2.75) is 19.8 Å². The third-order valence-corrected chi connectivity index (χ3v) is 5.06. The van der Waals surface area contributed by atoms with Gasteiger partial charge in [-0.15, -0.1) is 0 Å². The Hall–Kier alpha value is 0.1000. The molecule has 0 aliphatic rings. The molecule has 0 amide bonds. The van der Waals surface area contributed by atoms with E-state index in [9.17, 15) is 0 Å². The maximum atomic E-state index is 5.97. The summed E-state index contributed by atoms with van der Waals surface area (Å²) < 4.78 is 11.1. The summed E-state index contributed by atoms with van der Waals surface area (Å²) in [6.45, 7) is 0.0150. The molecule has 0 aromatic carbocycles. The monoisotopic (exact) mass is 328 g/mol. The lowest BCUT2D eigenvalue weighted by molar-refractivity contribution is 0.297. The molecule has 0 radical (unpaired) electrons. The number of nitrogens with zero attached hydrogens (tertiary/aromatic N) is 1. The number of halogens is 2. The van der Waals surface area contributed by atoms with E-state index >= 15 is 0 Å². The van der Waals surface area contributed by atoms with Gasteiger partial charge in [0.15, 0.2) is 0 Å². The molecule has 1 heterocycles. The SMILES string of the molecule is CCCCOP(=S)(NC)Oc1ncc(Cl)cc1Cl. The Labute approximate surface area is 122 Å². The van der Waals surface area contributed by atoms with E-state index in [0.29, 0.717) is 16.7 Å². The highest BCUT2D eigenvalue weighted by Gasteiger charge is 2.20. The summed E-state index contributed by atoms with van der Waals surface area (Å²) in [6, 6.07) is 1.55. The maximum Gasteiger partial charge on any atom is 0.313 e. The second-order valence-corrected chi connectivity index (χ2v) is 7.61. The van der Waals surface area contributed by atoms with E-state index in [0.717, 1.165) is 12.8 Å². The molecule has 18 heavy (non-hydrogen) atoms. The zero-order valence-corrected chi connectivity index (χ0v) is 13.4. The summed E-state index contributed by atoms with van der Waals surface area (Å²) in [7, 11) is 1.69. The van der Waals surface area contributed by atoms with Gasteiger partial charge in [-0.25, -0.2) is 10.1 Å². The van der Waals surface area contributed by atoms with Crippen molar-refractivity contribution in [3.8, 4) is 5.88 Å². The van der Waals surface area contributed by atoms with Crippen LogP contribution in [0.4, 0.5) is 0 Å². The predicted molar refractivity (Wildman–Crippen MR) is 79.1 cm³/mol. The molecule has 0 saturated carbocycles. The van der Waals surface area contributed by atoms with Crippen LogP contribution in [0.15, 0.2) is 12.3 Å². The molecule has 8 heteroatoms. The first-order valence-corrected chi connectivity index (χ1v) is 8.84. The summed E-state index contributed by atoms with van der Waals surface area (Å²) in [5, 5.41) is 3.63. The van der Waals surface area contributed by atoms with Crippen LogP contribution in [0.5, 0.6) is 5.88 Å². The number of nitrogens with one attached hydrogen (secondary N) is 1. The van der Waals surface area contributed by atoms with Gasteiger partial charge in [-0.2, -0.15) is 0 Å². The van der Waals surface area contributed by atoms with Crippen molar-refractivity contribution in [2.75, 3.05) is 13.7 Å². The van der Waals surface area contributed by atoms with Gasteiger partial charge in [-0.3, -0.25) is 0 Å². The molecule has 1 N–H and O–H groups in total. The van der Waals surface area contributed by atoms with Crippen LogP contribution in [-0.2, 0) is 16.3 Å². The van der Waals surface area contributed by atoms with Crippen molar-refractivity contribution in [2.24, 2.45) is 0 Å². The van der Waals surface area contributed by atoms with Crippen molar-refractivity contribution in [1.82, 2.24) is 10.1 Å². The lowest BCUT2D eigenvalue weighted by Crippen LogP contribution is -2.12. The van der Waals surface area contributed by atoms with Gasteiger partial charge in [-0.05, 0) is 31.3 Å². The number of pyridine rings is 1. The fourth-order valence-corrected chi connectivity index (χ4v) is 2.97. The Kier molecular flexibility index (Phi) is 6.85. The van der Waals surface area contributed by atoms with Gasteiger partial charge in [0.1, 0.15) is 5.02 Å². The fraction of sp³-hybridized carbons (Fsp3) is 0.500. The van der Waals surface area contributed by atoms with Crippen LogP contribution in [0, 0.1) is 0 Å². The quantitative estimate of drug-likeness (QED) is 0.604. The third-order valence-electron chi connectivity index (χ3n) is 2.01. The molecule has 0 aliphatic carbocycles. The summed E-state index contributed by atoms with van der Waals surface area (Å²) in [4.78, 5) is 3.99. The van der Waals surface area contributed by atoms with Gasteiger partial charge < -0.3 is 9.05 Å². The third kappa shape index (κ3) is 5.00. The Balaban J connectivity index is 2.75. The van der Waals surface area contributed by atoms with Gasteiger partial charge in [0, 0.05) is 6.20 Å². The first-order valence-electron chi connectivity index (χ1n) is 5.45. The van der Waals surface area contributed by atoms with Crippen LogP contribution in [0.25, 0.3) is 0 Å². The minimum atomic E-state index is -2.60. The Bertz CT molecular complexity index is 448. The van der Waals surface area contributed by atoms with Crippen molar-refractivity contribution in [1.29, 1.82) is 0 Å². The molecule has 102 valence electrons. The molecule has 1 unspecified atom stereocenters. The second-order valence-electron chi connectivity index (χ2n) is 3.44. The predicted octanol–water partition coefficient (Wildman–Crippen LogP) is 4.03. The molecule has 1 atom stereocenters. The van der Waals surface area contributed by atoms with E-state index in [2.05, 4.69) is 17.0 Å². The molecule has 0 aliphatic heterocycles. The molecular formula is C10H15Cl2N2O2PS. The van der Waals surface area contributed by atoms with Gasteiger partial charge in [0.25, 0.3) is 0 Å². The highest BCUT2D eigenvalue weighted by molar-refractivity contribution is 8.09. The van der Waals surface area contributed by atoms with E-state index in [-0.39, 0.29) is 5.88 Å². The number of hydrogen-bond acceptors (Lipinski definition) is 4. The van der Waals surface area contributed by atoms with E-state index in [4.69, 9.17) is 44.1 Å². The average Bonchev–Trinajstić information content (AvgIpc) is 2.33. The van der Waals surface area contributed by atoms with Crippen molar-refractivity contribution in [3.05, 3.63) is 22.3 Å². The fourth-order valence-electron chi connectivity index (χ4n) is 1.05. The topological polar surface area (TPSA) is 43.4 Å².